The van der Waals surface area contributed by atoms with E-state index < -0.39 is 0 Å². The number of rotatable bonds is 7. The van der Waals surface area contributed by atoms with Crippen molar-refractivity contribution in [1.82, 2.24) is 10.3 Å². The van der Waals surface area contributed by atoms with Gasteiger partial charge in [0.05, 0.1) is 6.26 Å². The fourth-order valence-corrected chi connectivity index (χ4v) is 2.68. The Hall–Kier alpha value is -1.33. The van der Waals surface area contributed by atoms with E-state index in [0.717, 1.165) is 36.9 Å². The Labute approximate surface area is 118 Å². The molecule has 5 heteroatoms. The largest absolute Gasteiger partial charge is 0.469 e. The Morgan fingerprint density at radius 3 is 3.00 bits per heavy atom. The number of nitrogens with zero attached hydrogens (tertiary/aromatic N) is 2. The summed E-state index contributed by atoms with van der Waals surface area (Å²) in [4.78, 5) is 7.91. The molecule has 104 valence electrons. The van der Waals surface area contributed by atoms with Crippen molar-refractivity contribution in [3.63, 3.8) is 0 Å². The lowest BCUT2D eigenvalue weighted by atomic mass is 10.2. The minimum atomic E-state index is 0.831. The van der Waals surface area contributed by atoms with Gasteiger partial charge in [0.25, 0.3) is 0 Å². The van der Waals surface area contributed by atoms with E-state index in [9.17, 15) is 0 Å². The van der Waals surface area contributed by atoms with Gasteiger partial charge in [-0.3, -0.25) is 0 Å². The highest BCUT2D eigenvalue weighted by atomic mass is 32.1. The number of furan rings is 1. The topological polar surface area (TPSA) is 41.3 Å². The van der Waals surface area contributed by atoms with Gasteiger partial charge in [0.1, 0.15) is 5.76 Å². The molecule has 0 fully saturated rings. The first-order chi connectivity index (χ1) is 9.20. The Morgan fingerprint density at radius 1 is 1.47 bits per heavy atom. The highest BCUT2D eigenvalue weighted by molar-refractivity contribution is 7.15. The van der Waals surface area contributed by atoms with Crippen LogP contribution in [0.15, 0.2) is 22.9 Å². The number of hydrogen-bond donors (Lipinski definition) is 1. The van der Waals surface area contributed by atoms with Crippen LogP contribution in [0.5, 0.6) is 0 Å². The van der Waals surface area contributed by atoms with Gasteiger partial charge in [-0.2, -0.15) is 0 Å². The van der Waals surface area contributed by atoms with Crippen molar-refractivity contribution < 1.29 is 4.42 Å². The van der Waals surface area contributed by atoms with Crippen molar-refractivity contribution >= 4 is 16.5 Å². The summed E-state index contributed by atoms with van der Waals surface area (Å²) in [7, 11) is 2.06. The highest BCUT2D eigenvalue weighted by Gasteiger charge is 2.10. The molecule has 0 aliphatic heterocycles. The number of nitrogens with one attached hydrogen (secondary N) is 1. The second-order valence-electron chi connectivity index (χ2n) is 4.64. The Morgan fingerprint density at radius 2 is 2.32 bits per heavy atom. The summed E-state index contributed by atoms with van der Waals surface area (Å²) >= 11 is 1.74. The van der Waals surface area contributed by atoms with Crippen LogP contribution in [0.2, 0.25) is 0 Å². The quantitative estimate of drug-likeness (QED) is 0.790. The zero-order valence-electron chi connectivity index (χ0n) is 11.8. The van der Waals surface area contributed by atoms with Gasteiger partial charge in [-0.1, -0.05) is 6.92 Å². The van der Waals surface area contributed by atoms with Gasteiger partial charge in [-0.15, -0.1) is 11.3 Å². The van der Waals surface area contributed by atoms with E-state index in [1.807, 2.05) is 19.2 Å². The van der Waals surface area contributed by atoms with Crippen molar-refractivity contribution in [2.45, 2.75) is 33.4 Å². The molecule has 2 aromatic heterocycles. The fraction of sp³-hybridized carbons (Fsp3) is 0.500. The lowest BCUT2D eigenvalue weighted by molar-refractivity contribution is 0.529. The van der Waals surface area contributed by atoms with Crippen LogP contribution >= 0.6 is 11.3 Å². The Kier molecular flexibility index (Phi) is 4.99. The van der Waals surface area contributed by atoms with Crippen LogP contribution in [0.25, 0.3) is 0 Å². The molecule has 0 radical (unpaired) electrons. The maximum atomic E-state index is 5.32. The van der Waals surface area contributed by atoms with Crippen LogP contribution in [0, 0.1) is 6.92 Å². The van der Waals surface area contributed by atoms with Gasteiger partial charge in [0.15, 0.2) is 5.13 Å². The predicted octanol–water partition coefficient (Wildman–Crippen LogP) is 3.18. The lowest BCUT2D eigenvalue weighted by Gasteiger charge is -2.14. The summed E-state index contributed by atoms with van der Waals surface area (Å²) in [6, 6.07) is 2.02. The van der Waals surface area contributed by atoms with Crippen LogP contribution in [0.4, 0.5) is 5.13 Å². The molecule has 2 heterocycles. The molecule has 2 rings (SSSR count). The SMILES string of the molecule is CCCNCc1cnc(N(C)Cc2ccoc2C)s1. The van der Waals surface area contributed by atoms with Crippen LogP contribution < -0.4 is 10.2 Å². The predicted molar refractivity (Wildman–Crippen MR) is 79.7 cm³/mol. The smallest absolute Gasteiger partial charge is 0.185 e. The van der Waals surface area contributed by atoms with Gasteiger partial charge in [0.2, 0.25) is 0 Å². The van der Waals surface area contributed by atoms with Crippen LogP contribution in [-0.4, -0.2) is 18.6 Å². The first kappa shape index (κ1) is 14.1. The minimum Gasteiger partial charge on any atom is -0.469 e. The van der Waals surface area contributed by atoms with Gasteiger partial charge in [0, 0.05) is 36.8 Å². The van der Waals surface area contributed by atoms with Gasteiger partial charge in [-0.25, -0.2) is 4.98 Å². The summed E-state index contributed by atoms with van der Waals surface area (Å²) in [5, 5.41) is 4.45. The maximum absolute atomic E-state index is 5.32. The molecule has 4 nitrogen and oxygen atoms in total. The van der Waals surface area contributed by atoms with Crippen LogP contribution in [-0.2, 0) is 13.1 Å². The molecule has 2 aromatic rings. The molecule has 0 amide bonds. The van der Waals surface area contributed by atoms with E-state index >= 15 is 0 Å². The van der Waals surface area contributed by atoms with Gasteiger partial charge < -0.3 is 14.6 Å². The molecule has 1 N–H and O–H groups in total. The molecule has 0 aliphatic carbocycles. The molecule has 0 unspecified atom stereocenters. The molecule has 0 aliphatic rings. The number of aryl methyl sites for hydroxylation is 1. The zero-order chi connectivity index (χ0) is 13.7. The fourth-order valence-electron chi connectivity index (χ4n) is 1.84. The van der Waals surface area contributed by atoms with Crippen molar-refractivity contribution in [3.05, 3.63) is 34.7 Å². The number of thiazole rings is 1. The molecule has 0 aromatic carbocycles. The molecular weight excluding hydrogens is 258 g/mol. The lowest BCUT2D eigenvalue weighted by Crippen LogP contribution is -2.16. The third-order valence-corrected chi connectivity index (χ3v) is 4.08. The summed E-state index contributed by atoms with van der Waals surface area (Å²) < 4.78 is 5.32. The van der Waals surface area contributed by atoms with E-state index in [2.05, 4.69) is 29.2 Å². The van der Waals surface area contributed by atoms with Gasteiger partial charge in [-0.05, 0) is 26.0 Å². The maximum Gasteiger partial charge on any atom is 0.185 e. The zero-order valence-corrected chi connectivity index (χ0v) is 12.6. The summed E-state index contributed by atoms with van der Waals surface area (Å²) in [5.74, 6) is 0.980. The second kappa shape index (κ2) is 6.73. The molecular formula is C14H21N3OS. The first-order valence-corrected chi connectivity index (χ1v) is 7.42. The first-order valence-electron chi connectivity index (χ1n) is 6.60. The molecule has 0 saturated carbocycles. The summed E-state index contributed by atoms with van der Waals surface area (Å²) in [5.41, 5.74) is 1.21. The van der Waals surface area contributed by atoms with Gasteiger partial charge >= 0.3 is 0 Å². The van der Waals surface area contributed by atoms with Crippen molar-refractivity contribution in [1.29, 1.82) is 0 Å². The van der Waals surface area contributed by atoms with Crippen molar-refractivity contribution in [3.8, 4) is 0 Å². The average Bonchev–Trinajstić information content (AvgIpc) is 3.00. The Bertz CT molecular complexity index is 506. The molecule has 0 bridgehead atoms. The van der Waals surface area contributed by atoms with Crippen LogP contribution in [0.3, 0.4) is 0 Å². The van der Waals surface area contributed by atoms with E-state index in [-0.39, 0.29) is 0 Å². The molecule has 0 spiro atoms. The number of hydrogen-bond acceptors (Lipinski definition) is 5. The van der Waals surface area contributed by atoms with Crippen molar-refractivity contribution in [2.24, 2.45) is 0 Å². The van der Waals surface area contributed by atoms with E-state index in [0.29, 0.717) is 0 Å². The third kappa shape index (κ3) is 3.81. The second-order valence-corrected chi connectivity index (χ2v) is 5.74. The summed E-state index contributed by atoms with van der Waals surface area (Å²) in [6.07, 6.45) is 4.85. The summed E-state index contributed by atoms with van der Waals surface area (Å²) in [6.45, 7) is 6.95. The highest BCUT2D eigenvalue weighted by Crippen LogP contribution is 2.23. The van der Waals surface area contributed by atoms with Crippen molar-refractivity contribution in [2.75, 3.05) is 18.5 Å². The van der Waals surface area contributed by atoms with E-state index in [1.54, 1.807) is 17.6 Å². The monoisotopic (exact) mass is 279 g/mol. The Balaban J connectivity index is 1.92. The molecule has 19 heavy (non-hydrogen) atoms. The van der Waals surface area contributed by atoms with Crippen LogP contribution in [0.1, 0.15) is 29.5 Å². The molecule has 0 saturated heterocycles. The van der Waals surface area contributed by atoms with E-state index in [4.69, 9.17) is 4.42 Å². The standard InChI is InChI=1S/C14H21N3OS/c1-4-6-15-8-13-9-16-14(19-13)17(3)10-12-5-7-18-11(12)2/h5,7,9,15H,4,6,8,10H2,1-3H3. The normalized spacial score (nSPS) is 10.9. The minimum absolute atomic E-state index is 0.831. The van der Waals surface area contributed by atoms with E-state index in [1.165, 1.54) is 10.4 Å². The number of aromatic nitrogens is 1. The number of anilines is 1. The molecule has 0 atom stereocenters. The average molecular weight is 279 g/mol. The third-order valence-electron chi connectivity index (χ3n) is 2.97.